The van der Waals surface area contributed by atoms with Gasteiger partial charge in [-0.2, -0.15) is 0 Å². The molecule has 1 saturated heterocycles. The number of carbonyl (C=O) groups excluding carboxylic acids is 1. The van der Waals surface area contributed by atoms with Gasteiger partial charge in [0.15, 0.2) is 0 Å². The molecule has 2 heterocycles. The van der Waals surface area contributed by atoms with E-state index in [0.717, 1.165) is 30.0 Å². The summed E-state index contributed by atoms with van der Waals surface area (Å²) in [6.07, 6.45) is 7.44. The molecule has 0 bridgehead atoms. The van der Waals surface area contributed by atoms with Gasteiger partial charge in [-0.05, 0) is 44.2 Å². The van der Waals surface area contributed by atoms with Gasteiger partial charge in [-0.15, -0.1) is 6.42 Å². The number of terminal acetylenes is 1. The minimum absolute atomic E-state index is 0.153. The Kier molecular flexibility index (Phi) is 5.24. The van der Waals surface area contributed by atoms with E-state index in [1.165, 1.54) is 0 Å². The molecular formula is C21H23N3O2. The smallest absolute Gasteiger partial charge is 0.276 e. The van der Waals surface area contributed by atoms with Crippen molar-refractivity contribution < 1.29 is 9.53 Å². The first-order chi connectivity index (χ1) is 12.5. The summed E-state index contributed by atoms with van der Waals surface area (Å²) >= 11 is 0. The fourth-order valence-electron chi connectivity index (χ4n) is 3.22. The van der Waals surface area contributed by atoms with Crippen molar-refractivity contribution in [2.45, 2.75) is 26.1 Å². The molecule has 26 heavy (non-hydrogen) atoms. The van der Waals surface area contributed by atoms with Crippen molar-refractivity contribution in [1.29, 1.82) is 0 Å². The third-order valence-corrected chi connectivity index (χ3v) is 4.45. The Morgan fingerprint density at radius 1 is 1.27 bits per heavy atom. The zero-order chi connectivity index (χ0) is 18.7. The quantitative estimate of drug-likeness (QED) is 0.800. The lowest BCUT2D eigenvalue weighted by Crippen LogP contribution is -2.45. The molecule has 0 unspecified atom stereocenters. The van der Waals surface area contributed by atoms with Crippen LogP contribution in [0.4, 0.5) is 11.4 Å². The highest BCUT2D eigenvalue weighted by Gasteiger charge is 2.23. The fourth-order valence-corrected chi connectivity index (χ4v) is 3.22. The molecule has 1 aliphatic heterocycles. The molecule has 1 fully saturated rings. The summed E-state index contributed by atoms with van der Waals surface area (Å²) in [6, 6.07) is 11.1. The van der Waals surface area contributed by atoms with Crippen molar-refractivity contribution in [3.05, 3.63) is 53.9 Å². The molecule has 1 amide bonds. The maximum absolute atomic E-state index is 12.9. The van der Waals surface area contributed by atoms with Crippen molar-refractivity contribution in [3.63, 3.8) is 0 Å². The predicted octanol–water partition coefficient (Wildman–Crippen LogP) is 2.95. The highest BCUT2D eigenvalue weighted by atomic mass is 16.5. The van der Waals surface area contributed by atoms with Gasteiger partial charge in [-0.1, -0.05) is 12.0 Å². The van der Waals surface area contributed by atoms with Crippen LogP contribution in [-0.2, 0) is 4.74 Å². The summed E-state index contributed by atoms with van der Waals surface area (Å²) in [5.74, 6) is 2.42. The summed E-state index contributed by atoms with van der Waals surface area (Å²) in [5, 5.41) is 0. The average Bonchev–Trinajstić information content (AvgIpc) is 2.66. The molecule has 1 aromatic carbocycles. The molecule has 1 aliphatic rings. The Hall–Kier alpha value is -2.84. The molecule has 2 atom stereocenters. The van der Waals surface area contributed by atoms with E-state index in [0.29, 0.717) is 5.69 Å². The van der Waals surface area contributed by atoms with Crippen molar-refractivity contribution in [3.8, 4) is 12.3 Å². The molecule has 0 saturated carbocycles. The first kappa shape index (κ1) is 18.0. The fraction of sp³-hybridized carbons (Fsp3) is 0.333. The minimum atomic E-state index is -0.171. The number of anilines is 2. The molecular weight excluding hydrogens is 326 g/mol. The maximum Gasteiger partial charge on any atom is 0.276 e. The van der Waals surface area contributed by atoms with Crippen LogP contribution in [0.3, 0.4) is 0 Å². The van der Waals surface area contributed by atoms with Gasteiger partial charge < -0.3 is 14.5 Å². The number of morpholine rings is 1. The van der Waals surface area contributed by atoms with Crippen molar-refractivity contribution in [2.24, 2.45) is 0 Å². The van der Waals surface area contributed by atoms with Crippen LogP contribution in [0.15, 0.2) is 42.6 Å². The van der Waals surface area contributed by atoms with Crippen LogP contribution in [0.1, 0.15) is 29.9 Å². The Morgan fingerprint density at radius 2 is 2.00 bits per heavy atom. The molecule has 5 heteroatoms. The van der Waals surface area contributed by atoms with E-state index in [4.69, 9.17) is 11.2 Å². The monoisotopic (exact) mass is 349 g/mol. The van der Waals surface area contributed by atoms with Crippen LogP contribution in [0.5, 0.6) is 0 Å². The first-order valence-corrected chi connectivity index (χ1v) is 8.69. The normalized spacial score (nSPS) is 19.7. The summed E-state index contributed by atoms with van der Waals surface area (Å²) < 4.78 is 5.78. The summed E-state index contributed by atoms with van der Waals surface area (Å²) in [6.45, 7) is 5.70. The van der Waals surface area contributed by atoms with Crippen LogP contribution in [0, 0.1) is 12.3 Å². The molecule has 0 N–H and O–H groups in total. The van der Waals surface area contributed by atoms with Crippen LogP contribution in [0.2, 0.25) is 0 Å². The third kappa shape index (κ3) is 3.87. The van der Waals surface area contributed by atoms with Crippen LogP contribution in [0.25, 0.3) is 0 Å². The summed E-state index contributed by atoms with van der Waals surface area (Å²) in [4.78, 5) is 20.9. The Bertz CT molecular complexity index is 833. The number of benzene rings is 1. The van der Waals surface area contributed by atoms with E-state index in [1.54, 1.807) is 18.1 Å². The van der Waals surface area contributed by atoms with Gasteiger partial charge in [0, 0.05) is 43.3 Å². The van der Waals surface area contributed by atoms with E-state index in [-0.39, 0.29) is 18.1 Å². The van der Waals surface area contributed by atoms with Gasteiger partial charge in [0.25, 0.3) is 5.91 Å². The standard InChI is InChI=1S/C21H23N3O2/c1-5-17-7-6-8-18(11-17)23(4)21(25)20-12-19(9-10-22-20)24-13-15(2)26-16(3)14-24/h1,6-12,15-16H,13-14H2,2-4H3/t15-,16-/m1/s1. The highest BCUT2D eigenvalue weighted by Crippen LogP contribution is 2.22. The maximum atomic E-state index is 12.9. The van der Waals surface area contributed by atoms with Crippen LogP contribution < -0.4 is 9.80 Å². The second-order valence-corrected chi connectivity index (χ2v) is 6.62. The number of nitrogens with zero attached hydrogens (tertiary/aromatic N) is 3. The van der Waals surface area contributed by atoms with E-state index >= 15 is 0 Å². The lowest BCUT2D eigenvalue weighted by molar-refractivity contribution is -0.00522. The molecule has 0 radical (unpaired) electrons. The molecule has 134 valence electrons. The predicted molar refractivity (Wildman–Crippen MR) is 104 cm³/mol. The average molecular weight is 349 g/mol. The lowest BCUT2D eigenvalue weighted by atomic mass is 10.1. The van der Waals surface area contributed by atoms with E-state index < -0.39 is 0 Å². The van der Waals surface area contributed by atoms with Crippen LogP contribution >= 0.6 is 0 Å². The molecule has 0 aliphatic carbocycles. The molecule has 3 rings (SSSR count). The largest absolute Gasteiger partial charge is 0.372 e. The Labute approximate surface area is 154 Å². The van der Waals surface area contributed by atoms with Crippen LogP contribution in [-0.4, -0.2) is 43.2 Å². The molecule has 5 nitrogen and oxygen atoms in total. The number of amides is 1. The first-order valence-electron chi connectivity index (χ1n) is 8.69. The lowest BCUT2D eigenvalue weighted by Gasteiger charge is -2.36. The zero-order valence-electron chi connectivity index (χ0n) is 15.3. The zero-order valence-corrected chi connectivity index (χ0v) is 15.3. The van der Waals surface area contributed by atoms with Gasteiger partial charge >= 0.3 is 0 Å². The van der Waals surface area contributed by atoms with Gasteiger partial charge in [-0.3, -0.25) is 9.78 Å². The van der Waals surface area contributed by atoms with Gasteiger partial charge in [0.1, 0.15) is 5.69 Å². The number of aromatic nitrogens is 1. The Balaban J connectivity index is 1.83. The number of pyridine rings is 1. The SMILES string of the molecule is C#Cc1cccc(N(C)C(=O)c2cc(N3C[C@@H](C)O[C@H](C)C3)ccn2)c1. The van der Waals surface area contributed by atoms with E-state index in [2.05, 4.69) is 29.7 Å². The number of ether oxygens (including phenoxy) is 1. The summed E-state index contributed by atoms with van der Waals surface area (Å²) in [5.41, 5.74) is 2.87. The highest BCUT2D eigenvalue weighted by molar-refractivity contribution is 6.04. The second kappa shape index (κ2) is 7.59. The summed E-state index contributed by atoms with van der Waals surface area (Å²) in [7, 11) is 1.73. The molecule has 1 aromatic heterocycles. The molecule has 2 aromatic rings. The van der Waals surface area contributed by atoms with Crippen molar-refractivity contribution in [2.75, 3.05) is 29.9 Å². The topological polar surface area (TPSA) is 45.7 Å². The van der Waals surface area contributed by atoms with Gasteiger partial charge in [0.2, 0.25) is 0 Å². The van der Waals surface area contributed by atoms with E-state index in [9.17, 15) is 4.79 Å². The second-order valence-electron chi connectivity index (χ2n) is 6.62. The third-order valence-electron chi connectivity index (χ3n) is 4.45. The number of hydrogen-bond donors (Lipinski definition) is 0. The Morgan fingerprint density at radius 3 is 2.69 bits per heavy atom. The van der Waals surface area contributed by atoms with Crippen molar-refractivity contribution in [1.82, 2.24) is 4.98 Å². The number of rotatable bonds is 3. The number of hydrogen-bond acceptors (Lipinski definition) is 4. The number of carbonyl (C=O) groups is 1. The van der Waals surface area contributed by atoms with E-state index in [1.807, 2.05) is 36.4 Å². The molecule has 0 spiro atoms. The van der Waals surface area contributed by atoms with Gasteiger partial charge in [-0.25, -0.2) is 0 Å². The van der Waals surface area contributed by atoms with Gasteiger partial charge in [0.05, 0.1) is 12.2 Å². The minimum Gasteiger partial charge on any atom is -0.372 e. The van der Waals surface area contributed by atoms with Crippen molar-refractivity contribution >= 4 is 17.3 Å².